The molecule has 0 aliphatic heterocycles. The molecule has 0 atom stereocenters. The van der Waals surface area contributed by atoms with Crippen LogP contribution in [0.25, 0.3) is 16.5 Å². The van der Waals surface area contributed by atoms with Gasteiger partial charge in [0.1, 0.15) is 39.9 Å². The minimum atomic E-state index is -4.24. The van der Waals surface area contributed by atoms with Gasteiger partial charge in [-0.15, -0.1) is 15.9 Å². The number of phenols is 3. The van der Waals surface area contributed by atoms with Crippen molar-refractivity contribution in [3.05, 3.63) is 117 Å². The Balaban J connectivity index is 0.000000332. The van der Waals surface area contributed by atoms with Gasteiger partial charge >= 0.3 is 35.6 Å². The number of hydrogen-bond acceptors (Lipinski definition) is 17. The van der Waals surface area contributed by atoms with Gasteiger partial charge in [-0.2, -0.15) is 5.11 Å². The number of phenolic OH excluding ortho intramolecular Hbond substituents is 3. The van der Waals surface area contributed by atoms with Crippen LogP contribution in [0.4, 0.5) is 38.9 Å². The number of rotatable bonds is 11. The first-order valence-electron chi connectivity index (χ1n) is 17.6. The molecule has 0 saturated carbocycles. The molecule has 64 heavy (non-hydrogen) atoms. The van der Waals surface area contributed by atoms with Gasteiger partial charge in [-0.05, 0) is 66.9 Å². The zero-order valence-electron chi connectivity index (χ0n) is 33.8. The number of fused-ring (bicyclic) bond motifs is 1. The van der Waals surface area contributed by atoms with Crippen LogP contribution in [-0.2, 0) is 42.2 Å². The summed E-state index contributed by atoms with van der Waals surface area (Å²) in [5, 5.41) is 71.6. The monoisotopic (exact) mass is 963 g/mol. The molecule has 328 valence electrons. The van der Waals surface area contributed by atoms with Crippen molar-refractivity contribution < 1.29 is 93.6 Å². The Morgan fingerprint density at radius 1 is 0.875 bits per heavy atom. The Morgan fingerprint density at radius 2 is 1.52 bits per heavy atom. The third kappa shape index (κ3) is 12.6. The van der Waals surface area contributed by atoms with Gasteiger partial charge in [0.15, 0.2) is 0 Å². The van der Waals surface area contributed by atoms with Crippen LogP contribution >= 0.6 is 0 Å². The minimum Gasteiger partial charge on any atom is -0.506 e. The molecule has 0 fully saturated rings. The number of nitrogens with zero attached hydrogens (tertiary/aromatic N) is 7. The Kier molecular flexibility index (Phi) is 17.6. The number of hydrogen-bond donors (Lipinski definition) is 7. The fraction of sp³-hybridized carbons (Fsp3) is 0.108. The molecule has 6 rings (SSSR count). The van der Waals surface area contributed by atoms with Crippen LogP contribution in [0.15, 0.2) is 126 Å². The zero-order chi connectivity index (χ0) is 45.5. The fourth-order valence-corrected chi connectivity index (χ4v) is 6.87. The minimum absolute atomic E-state index is 0. The number of aryl methyl sites for hydroxylation is 1. The summed E-state index contributed by atoms with van der Waals surface area (Å²) in [5.41, 5.74) is -0.925. The van der Waals surface area contributed by atoms with Crippen molar-refractivity contribution in [2.24, 2.45) is 25.6 Å². The number of nitrogens with two attached hydrogens (primary N) is 1. The second kappa shape index (κ2) is 21.7. The van der Waals surface area contributed by atoms with Crippen LogP contribution in [0.5, 0.6) is 17.2 Å². The maximum absolute atomic E-state index is 12.6. The number of benzene rings is 5. The maximum atomic E-state index is 12.6. The first kappa shape index (κ1) is 51.9. The molecule has 1 aromatic heterocycles. The Morgan fingerprint density at radius 3 is 2.16 bits per heavy atom. The van der Waals surface area contributed by atoms with Crippen molar-refractivity contribution in [1.29, 1.82) is 0 Å². The van der Waals surface area contributed by atoms with Crippen molar-refractivity contribution in [2.45, 2.75) is 30.6 Å². The van der Waals surface area contributed by atoms with E-state index in [0.29, 0.717) is 16.5 Å². The second-order valence-corrected chi connectivity index (χ2v) is 15.9. The SMILES string of the molecule is CCNC(=O)NS(=O)(=O)c1ccc(O)c(N=Nc2c(O)ccc3cccc(NC(C)=O)c23)c1.Cc1nn(-c2cccc(S(N)(=O)=O)c2)c(=O)[c-]1N=Nc1cc([N+](=O)[O-])ccc1O.[Cr].[Na+]. The van der Waals surface area contributed by atoms with Gasteiger partial charge in [-0.3, -0.25) is 14.9 Å². The number of primary sulfonamides is 1. The van der Waals surface area contributed by atoms with E-state index in [1.165, 1.54) is 44.2 Å². The van der Waals surface area contributed by atoms with Crippen LogP contribution in [0.1, 0.15) is 19.5 Å². The number of non-ortho nitro benzene ring substituents is 1. The van der Waals surface area contributed by atoms with E-state index in [1.807, 2.05) is 4.72 Å². The van der Waals surface area contributed by atoms with Crippen molar-refractivity contribution in [1.82, 2.24) is 19.8 Å². The number of urea groups is 1. The molecule has 0 aliphatic carbocycles. The average Bonchev–Trinajstić information content (AvgIpc) is 3.49. The smallest absolute Gasteiger partial charge is 0.506 e. The normalized spacial score (nSPS) is 11.2. The summed E-state index contributed by atoms with van der Waals surface area (Å²) in [4.78, 5) is 45.5. The standard InChI is InChI=1S/C21H21N5O6S.C16H13N6O6S.Cr.Na/c1-3-22-21(30)26-33(31,32)14-8-10-17(28)16(11-14)24-25-20-18(29)9-7-13-5-4-6-15(19(13)20)23-12(2)27;1-9-15(19-18-13-8-11(22(25)26)5-6-14(13)23)16(24)21(20-9)10-3-2-4-12(7-10)29(17,27)28;;/h4-11,28-29H,3H2,1-2H3,(H,23,27)(H2,22,26,30);2-8,23H,1H3,(H2,17,27,28);;/q;-1;;+1. The molecule has 0 unspecified atom stereocenters. The Bertz CT molecular complexity index is 3110. The molecule has 1 heterocycles. The predicted octanol–water partition coefficient (Wildman–Crippen LogP) is 2.57. The largest absolute Gasteiger partial charge is 1.00 e. The maximum Gasteiger partial charge on any atom is 1.00 e. The first-order valence-corrected chi connectivity index (χ1v) is 20.6. The van der Waals surface area contributed by atoms with Gasteiger partial charge < -0.3 is 35.9 Å². The molecule has 0 aliphatic rings. The summed E-state index contributed by atoms with van der Waals surface area (Å²) < 4.78 is 50.6. The van der Waals surface area contributed by atoms with Gasteiger partial charge in [-0.1, -0.05) is 36.9 Å². The van der Waals surface area contributed by atoms with Crippen molar-refractivity contribution >= 4 is 76.9 Å². The number of aromatic hydroxyl groups is 3. The number of amides is 3. The third-order valence-electron chi connectivity index (χ3n) is 8.19. The number of carbonyl (C=O) groups is 2. The van der Waals surface area contributed by atoms with Gasteiger partial charge in [0.2, 0.25) is 15.9 Å². The number of aromatic nitrogens is 2. The van der Waals surface area contributed by atoms with E-state index in [2.05, 4.69) is 36.2 Å². The van der Waals surface area contributed by atoms with Crippen molar-refractivity contribution in [3.8, 4) is 22.9 Å². The first-order chi connectivity index (χ1) is 29.2. The number of carbonyl (C=O) groups excluding carboxylic acids is 2. The number of sulfonamides is 2. The number of nitro groups is 1. The van der Waals surface area contributed by atoms with Crippen LogP contribution in [0.2, 0.25) is 0 Å². The van der Waals surface area contributed by atoms with Gasteiger partial charge in [0.05, 0.1) is 26.1 Å². The summed E-state index contributed by atoms with van der Waals surface area (Å²) in [5.74, 6) is -1.32. The van der Waals surface area contributed by atoms with Gasteiger partial charge in [0, 0.05) is 48.3 Å². The van der Waals surface area contributed by atoms with Crippen LogP contribution < -0.4 is 55.6 Å². The molecule has 27 heteroatoms. The molecule has 5 aromatic carbocycles. The van der Waals surface area contributed by atoms with E-state index >= 15 is 0 Å². The van der Waals surface area contributed by atoms with Crippen molar-refractivity contribution in [2.75, 3.05) is 11.9 Å². The summed E-state index contributed by atoms with van der Waals surface area (Å²) in [6, 6.07) is 18.9. The number of azo groups is 2. The Hall–Kier alpha value is -6.50. The molecule has 6 aromatic rings. The molecular weight excluding hydrogens is 930 g/mol. The van der Waals surface area contributed by atoms with Gasteiger partial charge in [0.25, 0.3) is 15.7 Å². The number of anilines is 1. The molecule has 23 nitrogen and oxygen atoms in total. The molecular formula is C37H34CrN11NaO12S2. The Labute approximate surface area is 395 Å². The van der Waals surface area contributed by atoms with Gasteiger partial charge in [-0.25, -0.2) is 41.3 Å². The molecule has 3 amide bonds. The van der Waals surface area contributed by atoms with E-state index in [9.17, 15) is 56.7 Å². The van der Waals surface area contributed by atoms with E-state index in [1.54, 1.807) is 31.2 Å². The fourth-order valence-electron chi connectivity index (χ4n) is 5.37. The average molecular weight is 964 g/mol. The second-order valence-electron chi connectivity index (χ2n) is 12.7. The van der Waals surface area contributed by atoms with Crippen LogP contribution in [0, 0.1) is 17.0 Å². The molecule has 0 bridgehead atoms. The zero-order valence-corrected chi connectivity index (χ0v) is 38.7. The quantitative estimate of drug-likeness (QED) is 0.0323. The van der Waals surface area contributed by atoms with Crippen LogP contribution in [0.3, 0.4) is 0 Å². The summed E-state index contributed by atoms with van der Waals surface area (Å²) in [6.07, 6.45) is 0. The van der Waals surface area contributed by atoms with E-state index in [-0.39, 0.29) is 126 Å². The summed E-state index contributed by atoms with van der Waals surface area (Å²) in [6.45, 7) is 4.67. The van der Waals surface area contributed by atoms with E-state index in [4.69, 9.17) is 5.14 Å². The molecule has 0 radical (unpaired) electrons. The molecule has 0 spiro atoms. The number of nitro benzene ring substituents is 1. The number of nitrogens with one attached hydrogen (secondary N) is 3. The van der Waals surface area contributed by atoms with E-state index < -0.39 is 36.6 Å². The molecule has 8 N–H and O–H groups in total. The summed E-state index contributed by atoms with van der Waals surface area (Å²) in [7, 11) is -8.22. The van der Waals surface area contributed by atoms with Crippen LogP contribution in [-0.4, -0.2) is 65.3 Å². The third-order valence-corrected chi connectivity index (χ3v) is 10.4. The van der Waals surface area contributed by atoms with E-state index in [0.717, 1.165) is 41.1 Å². The molecule has 0 saturated heterocycles. The van der Waals surface area contributed by atoms with Crippen molar-refractivity contribution in [3.63, 3.8) is 0 Å². The summed E-state index contributed by atoms with van der Waals surface area (Å²) >= 11 is 0. The topological polar surface area (TPSA) is 353 Å². The predicted molar refractivity (Wildman–Crippen MR) is 222 cm³/mol.